The van der Waals surface area contributed by atoms with Crippen LogP contribution in [0.15, 0.2) is 78.0 Å². The van der Waals surface area contributed by atoms with Crippen LogP contribution in [0, 0.1) is 6.92 Å². The maximum absolute atomic E-state index is 12.7. The molecule has 0 aliphatic rings. The smallest absolute Gasteiger partial charge is 0.257 e. The second-order valence-electron chi connectivity index (χ2n) is 7.40. The normalized spacial score (nSPS) is 12.3. The van der Waals surface area contributed by atoms with Crippen LogP contribution in [0.5, 0.6) is 0 Å². The lowest BCUT2D eigenvalue weighted by molar-refractivity contribution is 0.0977. The van der Waals surface area contributed by atoms with Crippen molar-refractivity contribution >= 4 is 17.6 Å². The van der Waals surface area contributed by atoms with Crippen LogP contribution in [0.4, 0.5) is 5.69 Å². The minimum Gasteiger partial charge on any atom is -0.326 e. The first-order valence-corrected chi connectivity index (χ1v) is 10.2. The Morgan fingerprint density at radius 1 is 1.07 bits per heavy atom. The van der Waals surface area contributed by atoms with Crippen LogP contribution < -0.4 is 10.6 Å². The second kappa shape index (κ2) is 10.3. The van der Waals surface area contributed by atoms with Gasteiger partial charge in [0.05, 0.1) is 6.54 Å². The number of amides is 1. The van der Waals surface area contributed by atoms with E-state index in [4.69, 9.17) is 0 Å². The Balaban J connectivity index is 1.79. The van der Waals surface area contributed by atoms with Crippen LogP contribution in [0.25, 0.3) is 0 Å². The standard InChI is InChI=1S/C25H28N4O/c1-4-19(3)21-8-10-23(11-9-21)28-25(27-17-20-12-14-26-15-13-20)29-24(30)22-7-5-6-18(2)16-22/h5-16,19H,4,17H2,1-3H3,(H2,27,28,29,30). The number of benzene rings is 2. The molecule has 0 saturated carbocycles. The minimum atomic E-state index is -0.198. The van der Waals surface area contributed by atoms with Crippen molar-refractivity contribution in [2.75, 3.05) is 5.32 Å². The molecule has 1 aromatic heterocycles. The van der Waals surface area contributed by atoms with E-state index in [9.17, 15) is 4.79 Å². The van der Waals surface area contributed by atoms with Gasteiger partial charge in [0.2, 0.25) is 5.96 Å². The fourth-order valence-electron chi connectivity index (χ4n) is 3.00. The van der Waals surface area contributed by atoms with Crippen molar-refractivity contribution in [1.29, 1.82) is 0 Å². The zero-order chi connectivity index (χ0) is 21.3. The van der Waals surface area contributed by atoms with Gasteiger partial charge in [-0.2, -0.15) is 0 Å². The molecular weight excluding hydrogens is 372 g/mol. The molecule has 0 radical (unpaired) electrons. The third-order valence-electron chi connectivity index (χ3n) is 5.04. The lowest BCUT2D eigenvalue weighted by atomic mass is 9.99. The molecule has 5 heteroatoms. The van der Waals surface area contributed by atoms with E-state index in [-0.39, 0.29) is 5.91 Å². The number of hydrogen-bond acceptors (Lipinski definition) is 3. The number of aromatic nitrogens is 1. The minimum absolute atomic E-state index is 0.198. The lowest BCUT2D eigenvalue weighted by Gasteiger charge is -2.14. The van der Waals surface area contributed by atoms with Gasteiger partial charge in [-0.3, -0.25) is 15.1 Å². The Bertz CT molecular complexity index is 997. The Morgan fingerprint density at radius 2 is 1.80 bits per heavy atom. The monoisotopic (exact) mass is 400 g/mol. The van der Waals surface area contributed by atoms with Gasteiger partial charge in [0.1, 0.15) is 0 Å². The quantitative estimate of drug-likeness (QED) is 0.436. The van der Waals surface area contributed by atoms with Gasteiger partial charge >= 0.3 is 0 Å². The van der Waals surface area contributed by atoms with Crippen LogP contribution in [0.3, 0.4) is 0 Å². The number of carbonyl (C=O) groups is 1. The highest BCUT2D eigenvalue weighted by Crippen LogP contribution is 2.20. The van der Waals surface area contributed by atoms with Gasteiger partial charge < -0.3 is 5.32 Å². The summed E-state index contributed by atoms with van der Waals surface area (Å²) in [6.45, 7) is 6.80. The number of aliphatic imine (C=N–C) groups is 1. The first-order valence-electron chi connectivity index (χ1n) is 10.2. The maximum Gasteiger partial charge on any atom is 0.257 e. The molecule has 0 aliphatic carbocycles. The molecule has 3 rings (SSSR count). The summed E-state index contributed by atoms with van der Waals surface area (Å²) in [6, 6.07) is 19.6. The van der Waals surface area contributed by atoms with Crippen molar-refractivity contribution in [1.82, 2.24) is 10.3 Å². The molecule has 3 aromatic rings. The SMILES string of the molecule is CCC(C)c1ccc(NC(=NCc2ccncc2)NC(=O)c2cccc(C)c2)cc1. The molecule has 0 saturated heterocycles. The van der Waals surface area contributed by atoms with E-state index in [0.717, 1.165) is 23.2 Å². The molecule has 1 heterocycles. The summed E-state index contributed by atoms with van der Waals surface area (Å²) in [6.07, 6.45) is 4.56. The first-order chi connectivity index (χ1) is 14.5. The summed E-state index contributed by atoms with van der Waals surface area (Å²) in [7, 11) is 0. The highest BCUT2D eigenvalue weighted by atomic mass is 16.1. The number of hydrogen-bond donors (Lipinski definition) is 2. The van der Waals surface area contributed by atoms with Crippen LogP contribution in [-0.2, 0) is 6.54 Å². The summed E-state index contributed by atoms with van der Waals surface area (Å²) in [4.78, 5) is 21.4. The zero-order valence-electron chi connectivity index (χ0n) is 17.7. The summed E-state index contributed by atoms with van der Waals surface area (Å²) >= 11 is 0. The number of pyridine rings is 1. The van der Waals surface area contributed by atoms with Gasteiger partial charge in [-0.15, -0.1) is 0 Å². The van der Waals surface area contributed by atoms with Crippen LogP contribution in [0.2, 0.25) is 0 Å². The van der Waals surface area contributed by atoms with E-state index in [0.29, 0.717) is 24.0 Å². The summed E-state index contributed by atoms with van der Waals surface area (Å²) in [5, 5.41) is 6.16. The van der Waals surface area contributed by atoms with E-state index < -0.39 is 0 Å². The Kier molecular flexibility index (Phi) is 7.33. The molecule has 1 amide bonds. The van der Waals surface area contributed by atoms with Gasteiger partial charge in [0, 0.05) is 23.6 Å². The van der Waals surface area contributed by atoms with E-state index in [2.05, 4.69) is 46.6 Å². The molecule has 30 heavy (non-hydrogen) atoms. The first kappa shape index (κ1) is 21.2. The van der Waals surface area contributed by atoms with Gasteiger partial charge in [-0.05, 0) is 66.8 Å². The van der Waals surface area contributed by atoms with E-state index in [1.54, 1.807) is 18.5 Å². The lowest BCUT2D eigenvalue weighted by Crippen LogP contribution is -2.36. The average molecular weight is 401 g/mol. The number of rotatable bonds is 6. The Morgan fingerprint density at radius 3 is 2.47 bits per heavy atom. The molecule has 0 spiro atoms. The predicted molar refractivity (Wildman–Crippen MR) is 123 cm³/mol. The van der Waals surface area contributed by atoms with E-state index >= 15 is 0 Å². The fourth-order valence-corrected chi connectivity index (χ4v) is 3.00. The number of guanidine groups is 1. The molecular formula is C25H28N4O. The fraction of sp³-hybridized carbons (Fsp3) is 0.240. The van der Waals surface area contributed by atoms with Crippen molar-refractivity contribution in [3.05, 3.63) is 95.3 Å². The number of aryl methyl sites for hydroxylation is 1. The van der Waals surface area contributed by atoms with Gasteiger partial charge in [-0.1, -0.05) is 43.7 Å². The third-order valence-corrected chi connectivity index (χ3v) is 5.04. The van der Waals surface area contributed by atoms with Crippen molar-refractivity contribution < 1.29 is 4.79 Å². The summed E-state index contributed by atoms with van der Waals surface area (Å²) < 4.78 is 0. The number of nitrogens with zero attached hydrogens (tertiary/aromatic N) is 2. The van der Waals surface area contributed by atoms with Crippen LogP contribution in [-0.4, -0.2) is 16.9 Å². The number of nitrogens with one attached hydrogen (secondary N) is 2. The van der Waals surface area contributed by atoms with E-state index in [1.165, 1.54) is 5.56 Å². The topological polar surface area (TPSA) is 66.4 Å². The van der Waals surface area contributed by atoms with Gasteiger partial charge in [-0.25, -0.2) is 4.99 Å². The van der Waals surface area contributed by atoms with E-state index in [1.807, 2.05) is 49.4 Å². The van der Waals surface area contributed by atoms with Crippen molar-refractivity contribution in [2.45, 2.75) is 39.7 Å². The summed E-state index contributed by atoms with van der Waals surface area (Å²) in [5.41, 5.74) is 4.82. The molecule has 5 nitrogen and oxygen atoms in total. The molecule has 154 valence electrons. The van der Waals surface area contributed by atoms with Crippen molar-refractivity contribution in [2.24, 2.45) is 4.99 Å². The highest BCUT2D eigenvalue weighted by molar-refractivity contribution is 6.10. The third kappa shape index (κ3) is 6.01. The molecule has 2 N–H and O–H groups in total. The van der Waals surface area contributed by atoms with Crippen LogP contribution in [0.1, 0.15) is 53.2 Å². The maximum atomic E-state index is 12.7. The van der Waals surface area contributed by atoms with Crippen molar-refractivity contribution in [3.8, 4) is 0 Å². The molecule has 0 aliphatic heterocycles. The zero-order valence-corrected chi connectivity index (χ0v) is 17.7. The second-order valence-corrected chi connectivity index (χ2v) is 7.40. The molecule has 0 fully saturated rings. The van der Waals surface area contributed by atoms with Crippen LogP contribution >= 0.6 is 0 Å². The predicted octanol–water partition coefficient (Wildman–Crippen LogP) is 5.30. The highest BCUT2D eigenvalue weighted by Gasteiger charge is 2.10. The molecule has 1 unspecified atom stereocenters. The Hall–Kier alpha value is -3.47. The van der Waals surface area contributed by atoms with Crippen molar-refractivity contribution in [3.63, 3.8) is 0 Å². The average Bonchev–Trinajstić information content (AvgIpc) is 2.78. The summed E-state index contributed by atoms with van der Waals surface area (Å²) in [5.74, 6) is 0.727. The molecule has 0 bridgehead atoms. The molecule has 2 aromatic carbocycles. The molecule has 1 atom stereocenters. The Labute approximate surface area is 178 Å². The largest absolute Gasteiger partial charge is 0.326 e. The number of anilines is 1. The number of carbonyl (C=O) groups excluding carboxylic acids is 1. The van der Waals surface area contributed by atoms with Gasteiger partial charge in [0.25, 0.3) is 5.91 Å². The van der Waals surface area contributed by atoms with Gasteiger partial charge in [0.15, 0.2) is 0 Å².